The van der Waals surface area contributed by atoms with Crippen LogP contribution in [0.1, 0.15) is 20.3 Å². The fourth-order valence-corrected chi connectivity index (χ4v) is 3.14. The van der Waals surface area contributed by atoms with Crippen molar-refractivity contribution in [1.29, 1.82) is 0 Å². The van der Waals surface area contributed by atoms with Crippen LogP contribution in [0.4, 0.5) is 4.39 Å². The standard InChI is InChI=1S/C12H15FO4S/c1-3-11(12(14)17-4-2)18(15,16)10-7-5-9(13)6-8-10/h5-8,11H,3-4H2,1-2H3. The Hall–Kier alpha value is -1.43. The SMILES string of the molecule is CCOC(=O)C(CC)S(=O)(=O)c1ccc(F)cc1. The number of sulfone groups is 1. The molecule has 0 heterocycles. The van der Waals surface area contributed by atoms with Gasteiger partial charge in [-0.15, -0.1) is 0 Å². The molecule has 0 saturated carbocycles. The summed E-state index contributed by atoms with van der Waals surface area (Å²) >= 11 is 0. The van der Waals surface area contributed by atoms with Crippen LogP contribution in [0.3, 0.4) is 0 Å². The predicted octanol–water partition coefficient (Wildman–Crippen LogP) is 1.94. The number of carbonyl (C=O) groups is 1. The number of hydrogen-bond donors (Lipinski definition) is 0. The minimum Gasteiger partial charge on any atom is -0.465 e. The van der Waals surface area contributed by atoms with Gasteiger partial charge < -0.3 is 4.74 Å². The first-order chi connectivity index (χ1) is 8.43. The highest BCUT2D eigenvalue weighted by Gasteiger charge is 2.33. The van der Waals surface area contributed by atoms with Crippen molar-refractivity contribution in [3.05, 3.63) is 30.1 Å². The molecule has 1 aromatic carbocycles. The molecule has 1 unspecified atom stereocenters. The average Bonchev–Trinajstić information content (AvgIpc) is 2.30. The van der Waals surface area contributed by atoms with Crippen molar-refractivity contribution in [2.75, 3.05) is 6.61 Å². The van der Waals surface area contributed by atoms with E-state index >= 15 is 0 Å². The molecule has 0 bridgehead atoms. The molecule has 0 amide bonds. The molecule has 0 aromatic heterocycles. The van der Waals surface area contributed by atoms with Crippen molar-refractivity contribution in [2.24, 2.45) is 0 Å². The van der Waals surface area contributed by atoms with E-state index in [-0.39, 0.29) is 17.9 Å². The molecular weight excluding hydrogens is 259 g/mol. The highest BCUT2D eigenvalue weighted by atomic mass is 32.2. The van der Waals surface area contributed by atoms with Gasteiger partial charge in [0, 0.05) is 0 Å². The molecule has 1 aromatic rings. The van der Waals surface area contributed by atoms with Gasteiger partial charge in [-0.1, -0.05) is 6.92 Å². The van der Waals surface area contributed by atoms with Crippen LogP contribution in [-0.2, 0) is 19.4 Å². The van der Waals surface area contributed by atoms with E-state index in [1.807, 2.05) is 0 Å². The topological polar surface area (TPSA) is 60.4 Å². The van der Waals surface area contributed by atoms with Crippen LogP contribution < -0.4 is 0 Å². The van der Waals surface area contributed by atoms with Crippen molar-refractivity contribution in [3.8, 4) is 0 Å². The van der Waals surface area contributed by atoms with Gasteiger partial charge in [0.15, 0.2) is 15.1 Å². The van der Waals surface area contributed by atoms with Crippen molar-refractivity contribution >= 4 is 15.8 Å². The van der Waals surface area contributed by atoms with Crippen LogP contribution in [-0.4, -0.2) is 26.2 Å². The van der Waals surface area contributed by atoms with Gasteiger partial charge in [-0.25, -0.2) is 12.8 Å². The van der Waals surface area contributed by atoms with Gasteiger partial charge in [0.05, 0.1) is 11.5 Å². The van der Waals surface area contributed by atoms with E-state index < -0.39 is 26.9 Å². The van der Waals surface area contributed by atoms with E-state index in [0.717, 1.165) is 24.3 Å². The maximum atomic E-state index is 12.8. The van der Waals surface area contributed by atoms with Crippen LogP contribution >= 0.6 is 0 Å². The van der Waals surface area contributed by atoms with E-state index in [0.29, 0.717) is 0 Å². The lowest BCUT2D eigenvalue weighted by Gasteiger charge is -2.14. The first-order valence-corrected chi connectivity index (χ1v) is 7.14. The maximum Gasteiger partial charge on any atom is 0.324 e. The Labute approximate surface area is 106 Å². The summed E-state index contributed by atoms with van der Waals surface area (Å²) in [5, 5.41) is -1.25. The molecule has 0 aliphatic rings. The lowest BCUT2D eigenvalue weighted by atomic mass is 10.3. The van der Waals surface area contributed by atoms with E-state index in [1.54, 1.807) is 13.8 Å². The second kappa shape index (κ2) is 5.95. The third kappa shape index (κ3) is 3.07. The minimum atomic E-state index is -3.83. The molecule has 0 aliphatic heterocycles. The lowest BCUT2D eigenvalue weighted by molar-refractivity contribution is -0.142. The molecule has 0 spiro atoms. The summed E-state index contributed by atoms with van der Waals surface area (Å²) < 4.78 is 41.8. The Morgan fingerprint density at radius 2 is 1.83 bits per heavy atom. The zero-order chi connectivity index (χ0) is 13.8. The Bertz CT molecular complexity index is 507. The second-order valence-corrected chi connectivity index (χ2v) is 5.78. The molecular formula is C12H15FO4S. The third-order valence-corrected chi connectivity index (χ3v) is 4.64. The molecule has 0 fully saturated rings. The van der Waals surface area contributed by atoms with Crippen molar-refractivity contribution in [2.45, 2.75) is 30.4 Å². The van der Waals surface area contributed by atoms with E-state index in [1.165, 1.54) is 0 Å². The van der Waals surface area contributed by atoms with Gasteiger partial charge in [0.25, 0.3) is 0 Å². The summed E-state index contributed by atoms with van der Waals surface area (Å²) in [7, 11) is -3.83. The summed E-state index contributed by atoms with van der Waals surface area (Å²) in [4.78, 5) is 11.5. The number of benzene rings is 1. The quantitative estimate of drug-likeness (QED) is 0.608. The number of esters is 1. The van der Waals surface area contributed by atoms with Gasteiger partial charge in [0.2, 0.25) is 0 Å². The first-order valence-electron chi connectivity index (χ1n) is 5.59. The molecule has 18 heavy (non-hydrogen) atoms. The van der Waals surface area contributed by atoms with Crippen LogP contribution in [0.5, 0.6) is 0 Å². The van der Waals surface area contributed by atoms with Crippen molar-refractivity contribution < 1.29 is 22.3 Å². The Kier molecular flexibility index (Phi) is 4.84. The Morgan fingerprint density at radius 3 is 2.28 bits per heavy atom. The number of halogens is 1. The number of hydrogen-bond acceptors (Lipinski definition) is 4. The molecule has 100 valence electrons. The third-order valence-electron chi connectivity index (χ3n) is 2.44. The first kappa shape index (κ1) is 14.6. The summed E-state index contributed by atoms with van der Waals surface area (Å²) in [5.41, 5.74) is 0. The fraction of sp³-hybridized carbons (Fsp3) is 0.417. The molecule has 1 atom stereocenters. The van der Waals surface area contributed by atoms with Gasteiger partial charge in [0.1, 0.15) is 5.82 Å². The number of rotatable bonds is 5. The van der Waals surface area contributed by atoms with Gasteiger partial charge in [-0.05, 0) is 37.6 Å². The molecule has 0 aliphatic carbocycles. The average molecular weight is 274 g/mol. The maximum absolute atomic E-state index is 12.8. The summed E-state index contributed by atoms with van der Waals surface area (Å²) in [5.74, 6) is -1.30. The number of ether oxygens (including phenoxy) is 1. The Balaban J connectivity index is 3.10. The zero-order valence-electron chi connectivity index (χ0n) is 10.2. The number of carbonyl (C=O) groups excluding carboxylic acids is 1. The minimum absolute atomic E-state index is 0.0798. The normalized spacial score (nSPS) is 13.1. The fourth-order valence-electron chi connectivity index (χ4n) is 1.54. The van der Waals surface area contributed by atoms with Gasteiger partial charge in [-0.3, -0.25) is 4.79 Å². The molecule has 4 nitrogen and oxygen atoms in total. The Morgan fingerprint density at radius 1 is 1.28 bits per heavy atom. The molecule has 0 saturated heterocycles. The summed E-state index contributed by atoms with van der Waals surface area (Å²) in [6, 6.07) is 4.38. The highest BCUT2D eigenvalue weighted by Crippen LogP contribution is 2.19. The zero-order valence-corrected chi connectivity index (χ0v) is 11.0. The van der Waals surface area contributed by atoms with E-state index in [2.05, 4.69) is 0 Å². The largest absolute Gasteiger partial charge is 0.465 e. The molecule has 0 radical (unpaired) electrons. The smallest absolute Gasteiger partial charge is 0.324 e. The van der Waals surface area contributed by atoms with Gasteiger partial charge in [-0.2, -0.15) is 0 Å². The summed E-state index contributed by atoms with van der Waals surface area (Å²) in [6.45, 7) is 3.31. The summed E-state index contributed by atoms with van der Waals surface area (Å²) in [6.07, 6.45) is 0.110. The van der Waals surface area contributed by atoms with E-state index in [4.69, 9.17) is 4.74 Å². The van der Waals surface area contributed by atoms with Crippen LogP contribution in [0.15, 0.2) is 29.2 Å². The van der Waals surface area contributed by atoms with E-state index in [9.17, 15) is 17.6 Å². The second-order valence-electron chi connectivity index (χ2n) is 3.65. The monoisotopic (exact) mass is 274 g/mol. The predicted molar refractivity (Wildman–Crippen MR) is 64.3 cm³/mol. The van der Waals surface area contributed by atoms with Crippen LogP contribution in [0, 0.1) is 5.82 Å². The highest BCUT2D eigenvalue weighted by molar-refractivity contribution is 7.92. The van der Waals surface area contributed by atoms with Crippen molar-refractivity contribution in [1.82, 2.24) is 0 Å². The molecule has 6 heteroatoms. The molecule has 1 rings (SSSR count). The van der Waals surface area contributed by atoms with Crippen LogP contribution in [0.2, 0.25) is 0 Å². The van der Waals surface area contributed by atoms with Gasteiger partial charge >= 0.3 is 5.97 Å². The van der Waals surface area contributed by atoms with Crippen molar-refractivity contribution in [3.63, 3.8) is 0 Å². The lowest BCUT2D eigenvalue weighted by Crippen LogP contribution is -2.31. The van der Waals surface area contributed by atoms with Crippen LogP contribution in [0.25, 0.3) is 0 Å². The molecule has 0 N–H and O–H groups in total.